The maximum atomic E-state index is 13.5. The molecule has 1 N–H and O–H groups in total. The Labute approximate surface area is 164 Å². The minimum absolute atomic E-state index is 0.0117. The van der Waals surface area contributed by atoms with E-state index in [0.29, 0.717) is 16.7 Å². The van der Waals surface area contributed by atoms with Crippen molar-refractivity contribution in [3.05, 3.63) is 65.0 Å². The zero-order chi connectivity index (χ0) is 20.9. The van der Waals surface area contributed by atoms with Gasteiger partial charge in [0.05, 0.1) is 7.11 Å². The smallest absolute Gasteiger partial charge is 0.246 e. The highest BCUT2D eigenvalue weighted by atomic mass is 32.2. The van der Waals surface area contributed by atoms with Crippen molar-refractivity contribution in [1.82, 2.24) is 9.62 Å². The number of ether oxygens (including phenoxy) is 1. The molecule has 0 fully saturated rings. The van der Waals surface area contributed by atoms with E-state index in [1.165, 1.54) is 51.6 Å². The number of nitrogens with zero attached hydrogens (tertiary/aromatic N) is 1. The van der Waals surface area contributed by atoms with E-state index in [0.717, 1.165) is 4.31 Å². The van der Waals surface area contributed by atoms with Crippen LogP contribution in [0.15, 0.2) is 47.4 Å². The molecule has 0 aliphatic heterocycles. The molecule has 8 heteroatoms. The fourth-order valence-corrected chi connectivity index (χ4v) is 3.45. The van der Waals surface area contributed by atoms with Gasteiger partial charge in [-0.2, -0.15) is 0 Å². The molecule has 28 heavy (non-hydrogen) atoms. The van der Waals surface area contributed by atoms with Crippen LogP contribution in [0.1, 0.15) is 16.7 Å². The molecule has 0 aliphatic rings. The van der Waals surface area contributed by atoms with E-state index >= 15 is 0 Å². The van der Waals surface area contributed by atoms with Crippen molar-refractivity contribution in [2.45, 2.75) is 18.4 Å². The molecule has 0 spiro atoms. The van der Waals surface area contributed by atoms with Gasteiger partial charge in [-0.1, -0.05) is 18.2 Å². The quantitative estimate of drug-likeness (QED) is 0.718. The van der Waals surface area contributed by atoms with Crippen LogP contribution in [-0.4, -0.2) is 39.8 Å². The molecule has 0 aromatic heterocycles. The number of carbonyl (C=O) groups excluding carboxylic acids is 1. The zero-order valence-electron chi connectivity index (χ0n) is 16.2. The minimum atomic E-state index is -3.70. The molecule has 2 aromatic rings. The fraction of sp³-hybridized carbons (Fsp3) is 0.250. The molecule has 6 nitrogen and oxygen atoms in total. The molecule has 2 rings (SSSR count). The Morgan fingerprint density at radius 1 is 1.21 bits per heavy atom. The molecule has 0 atom stereocenters. The van der Waals surface area contributed by atoms with Gasteiger partial charge in [0.1, 0.15) is 16.5 Å². The van der Waals surface area contributed by atoms with Crippen LogP contribution in [0.25, 0.3) is 6.08 Å². The van der Waals surface area contributed by atoms with E-state index in [9.17, 15) is 17.6 Å². The molecule has 2 aromatic carbocycles. The molecule has 0 bridgehead atoms. The summed E-state index contributed by atoms with van der Waals surface area (Å²) < 4.78 is 44.6. The van der Waals surface area contributed by atoms with E-state index in [2.05, 4.69) is 5.32 Å². The second-order valence-electron chi connectivity index (χ2n) is 6.33. The number of sulfonamides is 1. The number of rotatable bonds is 7. The van der Waals surface area contributed by atoms with Gasteiger partial charge in [-0.3, -0.25) is 4.79 Å². The summed E-state index contributed by atoms with van der Waals surface area (Å²) in [4.78, 5) is 12.0. The average Bonchev–Trinajstić information content (AvgIpc) is 2.66. The minimum Gasteiger partial charge on any atom is -0.495 e. The lowest BCUT2D eigenvalue weighted by Gasteiger charge is -2.15. The van der Waals surface area contributed by atoms with E-state index in [1.807, 2.05) is 0 Å². The van der Waals surface area contributed by atoms with Crippen molar-refractivity contribution >= 4 is 22.0 Å². The van der Waals surface area contributed by atoms with Gasteiger partial charge in [-0.15, -0.1) is 0 Å². The summed E-state index contributed by atoms with van der Waals surface area (Å²) >= 11 is 0. The molecule has 0 saturated heterocycles. The first-order chi connectivity index (χ1) is 13.1. The van der Waals surface area contributed by atoms with Gasteiger partial charge in [0.2, 0.25) is 15.9 Å². The third kappa shape index (κ3) is 5.17. The van der Waals surface area contributed by atoms with Crippen molar-refractivity contribution in [3.63, 3.8) is 0 Å². The van der Waals surface area contributed by atoms with E-state index in [-0.39, 0.29) is 28.9 Å². The molecular weight excluding hydrogens is 383 g/mol. The lowest BCUT2D eigenvalue weighted by molar-refractivity contribution is -0.116. The van der Waals surface area contributed by atoms with Crippen molar-refractivity contribution in [2.75, 3.05) is 21.2 Å². The Morgan fingerprint density at radius 2 is 1.93 bits per heavy atom. The average molecular weight is 406 g/mol. The molecule has 1 amide bonds. The number of nitrogens with one attached hydrogen (secondary N) is 1. The number of carbonyl (C=O) groups is 1. The first-order valence-corrected chi connectivity index (χ1v) is 9.90. The highest BCUT2D eigenvalue weighted by molar-refractivity contribution is 7.89. The Kier molecular flexibility index (Phi) is 6.93. The summed E-state index contributed by atoms with van der Waals surface area (Å²) in [6.07, 6.45) is 2.79. The van der Waals surface area contributed by atoms with Gasteiger partial charge in [0, 0.05) is 26.7 Å². The summed E-state index contributed by atoms with van der Waals surface area (Å²) in [7, 11) is 0.552. The summed E-state index contributed by atoms with van der Waals surface area (Å²) in [6.45, 7) is 1.85. The second kappa shape index (κ2) is 8.99. The number of halogens is 1. The zero-order valence-corrected chi connectivity index (χ0v) is 17.0. The topological polar surface area (TPSA) is 75.7 Å². The molecule has 0 unspecified atom stereocenters. The standard InChI is InChI=1S/C20H23FN2O4S/c1-14-5-6-16(11-17(14)21)13-22-20(24)10-8-15-7-9-18(27-4)19(12-15)28(25,26)23(2)3/h5-12H,13H2,1-4H3,(H,22,24)/b10-8+. The highest BCUT2D eigenvalue weighted by Gasteiger charge is 2.22. The molecule has 0 heterocycles. The summed E-state index contributed by atoms with van der Waals surface area (Å²) in [6, 6.07) is 9.38. The second-order valence-corrected chi connectivity index (χ2v) is 8.45. The first-order valence-electron chi connectivity index (χ1n) is 8.46. The monoisotopic (exact) mass is 406 g/mol. The van der Waals surface area contributed by atoms with Crippen LogP contribution in [0, 0.1) is 12.7 Å². The van der Waals surface area contributed by atoms with Gasteiger partial charge in [0.25, 0.3) is 0 Å². The Morgan fingerprint density at radius 3 is 2.54 bits per heavy atom. The number of methoxy groups -OCH3 is 1. The molecule has 0 radical (unpaired) electrons. The summed E-state index contributed by atoms with van der Waals surface area (Å²) in [5.74, 6) is -0.485. The number of benzene rings is 2. The lowest BCUT2D eigenvalue weighted by Crippen LogP contribution is -2.22. The predicted octanol–water partition coefficient (Wildman–Crippen LogP) is 2.72. The van der Waals surface area contributed by atoms with Crippen LogP contribution in [0.2, 0.25) is 0 Å². The molecular formula is C20H23FN2O4S. The van der Waals surface area contributed by atoms with Crippen molar-refractivity contribution < 1.29 is 22.3 Å². The predicted molar refractivity (Wildman–Crippen MR) is 106 cm³/mol. The normalized spacial score (nSPS) is 11.8. The Bertz CT molecular complexity index is 1000. The Balaban J connectivity index is 2.12. The van der Waals surface area contributed by atoms with Crippen molar-refractivity contribution in [1.29, 1.82) is 0 Å². The summed E-state index contributed by atoms with van der Waals surface area (Å²) in [5, 5.41) is 2.66. The molecule has 150 valence electrons. The van der Waals surface area contributed by atoms with Crippen LogP contribution in [0.5, 0.6) is 5.75 Å². The SMILES string of the molecule is COc1ccc(/C=C/C(=O)NCc2ccc(C)c(F)c2)cc1S(=O)(=O)N(C)C. The number of aryl methyl sites for hydroxylation is 1. The van der Waals surface area contributed by atoms with Gasteiger partial charge in [-0.25, -0.2) is 17.1 Å². The van der Waals surface area contributed by atoms with E-state index < -0.39 is 10.0 Å². The van der Waals surface area contributed by atoms with E-state index in [1.54, 1.807) is 25.1 Å². The van der Waals surface area contributed by atoms with Crippen LogP contribution < -0.4 is 10.1 Å². The number of hydrogen-bond acceptors (Lipinski definition) is 4. The third-order valence-corrected chi connectivity index (χ3v) is 5.91. The van der Waals surface area contributed by atoms with Gasteiger partial charge >= 0.3 is 0 Å². The maximum absolute atomic E-state index is 13.5. The van der Waals surface area contributed by atoms with Crippen molar-refractivity contribution in [3.8, 4) is 5.75 Å². The van der Waals surface area contributed by atoms with Crippen LogP contribution in [-0.2, 0) is 21.4 Å². The lowest BCUT2D eigenvalue weighted by atomic mass is 10.1. The molecule has 0 saturated carbocycles. The third-order valence-electron chi connectivity index (χ3n) is 4.08. The maximum Gasteiger partial charge on any atom is 0.246 e. The van der Waals surface area contributed by atoms with Crippen molar-refractivity contribution in [2.24, 2.45) is 0 Å². The van der Waals surface area contributed by atoms with Crippen LogP contribution in [0.3, 0.4) is 0 Å². The van der Waals surface area contributed by atoms with Crippen LogP contribution in [0.4, 0.5) is 4.39 Å². The summed E-state index contributed by atoms with van der Waals surface area (Å²) in [5.41, 5.74) is 1.71. The van der Waals surface area contributed by atoms with Gasteiger partial charge < -0.3 is 10.1 Å². The van der Waals surface area contributed by atoms with E-state index in [4.69, 9.17) is 4.74 Å². The highest BCUT2D eigenvalue weighted by Crippen LogP contribution is 2.27. The Hall–Kier alpha value is -2.71. The van der Waals surface area contributed by atoms with Gasteiger partial charge in [-0.05, 0) is 47.9 Å². The number of hydrogen-bond donors (Lipinski definition) is 1. The van der Waals surface area contributed by atoms with Crippen LogP contribution >= 0.6 is 0 Å². The molecule has 0 aliphatic carbocycles. The van der Waals surface area contributed by atoms with Gasteiger partial charge in [0.15, 0.2) is 0 Å². The largest absolute Gasteiger partial charge is 0.495 e. The fourth-order valence-electron chi connectivity index (χ4n) is 2.36. The first kappa shape index (κ1) is 21.6. The number of amides is 1.